The molecule has 0 radical (unpaired) electrons. The summed E-state index contributed by atoms with van der Waals surface area (Å²) in [6.07, 6.45) is 4.34. The Hall–Kier alpha value is -2.15. The van der Waals surface area contributed by atoms with Crippen molar-refractivity contribution < 1.29 is 9.53 Å². The molecule has 3 rings (SSSR count). The number of aromatic nitrogens is 1. The molecule has 0 aromatic carbocycles. The molecule has 9 heteroatoms. The van der Waals surface area contributed by atoms with E-state index in [1.807, 2.05) is 33.8 Å². The monoisotopic (exact) mass is 502 g/mol. The zero-order valence-corrected chi connectivity index (χ0v) is 22.5. The van der Waals surface area contributed by atoms with Gasteiger partial charge in [-0.25, -0.2) is 0 Å². The van der Waals surface area contributed by atoms with Gasteiger partial charge in [0.2, 0.25) is 0 Å². The van der Waals surface area contributed by atoms with Gasteiger partial charge in [0.15, 0.2) is 0 Å². The molecule has 2 aliphatic rings. The lowest BCUT2D eigenvalue weighted by Crippen LogP contribution is -2.48. The summed E-state index contributed by atoms with van der Waals surface area (Å²) in [7, 11) is 0. The number of thiocarbonyl (C=S) groups is 1. The second-order valence-electron chi connectivity index (χ2n) is 9.13. The standard InChI is InChI=1S/C25H34N4O3S2/c1-7-9-10-28-22(27-13-16(4)32-17(5)14-27)19(18(6)20(12-26)23(28)30)11-21-24(31)29(15(3)8-2)25(33)34-21/h11,15-17H,7-10,13-14H2,1-6H3. The van der Waals surface area contributed by atoms with Crippen molar-refractivity contribution in [2.75, 3.05) is 18.0 Å². The molecule has 2 fully saturated rings. The van der Waals surface area contributed by atoms with Gasteiger partial charge in [0.05, 0.1) is 17.1 Å². The van der Waals surface area contributed by atoms with Crippen molar-refractivity contribution in [2.24, 2.45) is 0 Å². The SMILES string of the molecule is CCCCn1c(N2CC(C)OC(C)C2)c(C=C2SC(=S)N(C(C)CC)C2=O)c(C)c(C#N)c1=O. The summed E-state index contributed by atoms with van der Waals surface area (Å²) in [4.78, 5) is 31.0. The van der Waals surface area contributed by atoms with E-state index < -0.39 is 0 Å². The average molecular weight is 503 g/mol. The maximum absolute atomic E-state index is 13.4. The highest BCUT2D eigenvalue weighted by atomic mass is 32.2. The third-order valence-corrected chi connectivity index (χ3v) is 7.76. The number of anilines is 1. The van der Waals surface area contributed by atoms with E-state index in [4.69, 9.17) is 17.0 Å². The van der Waals surface area contributed by atoms with Crippen molar-refractivity contribution in [1.82, 2.24) is 9.47 Å². The molecule has 34 heavy (non-hydrogen) atoms. The van der Waals surface area contributed by atoms with Crippen molar-refractivity contribution in [1.29, 1.82) is 5.26 Å². The predicted octanol–water partition coefficient (Wildman–Crippen LogP) is 4.44. The number of ether oxygens (including phenoxy) is 1. The summed E-state index contributed by atoms with van der Waals surface area (Å²) in [5.41, 5.74) is 1.17. The van der Waals surface area contributed by atoms with Gasteiger partial charge in [0.25, 0.3) is 11.5 Å². The van der Waals surface area contributed by atoms with Crippen molar-refractivity contribution in [3.63, 3.8) is 0 Å². The van der Waals surface area contributed by atoms with Gasteiger partial charge < -0.3 is 9.64 Å². The summed E-state index contributed by atoms with van der Waals surface area (Å²) in [5.74, 6) is 0.633. The van der Waals surface area contributed by atoms with E-state index in [1.165, 1.54) is 11.8 Å². The van der Waals surface area contributed by atoms with Gasteiger partial charge in [-0.05, 0) is 52.2 Å². The van der Waals surface area contributed by atoms with Gasteiger partial charge in [-0.2, -0.15) is 5.26 Å². The second-order valence-corrected chi connectivity index (χ2v) is 10.8. The smallest absolute Gasteiger partial charge is 0.270 e. The first-order valence-electron chi connectivity index (χ1n) is 12.0. The van der Waals surface area contributed by atoms with Crippen LogP contribution < -0.4 is 10.5 Å². The summed E-state index contributed by atoms with van der Waals surface area (Å²) in [5, 5.41) is 9.84. The van der Waals surface area contributed by atoms with Crippen LogP contribution in [-0.2, 0) is 16.1 Å². The van der Waals surface area contributed by atoms with Crippen LogP contribution in [0.1, 0.15) is 70.6 Å². The Kier molecular flexibility index (Phi) is 8.61. The topological polar surface area (TPSA) is 78.6 Å². The Labute approximate surface area is 211 Å². The van der Waals surface area contributed by atoms with Crippen molar-refractivity contribution >= 4 is 46.1 Å². The van der Waals surface area contributed by atoms with Crippen molar-refractivity contribution in [2.45, 2.75) is 85.6 Å². The third kappa shape index (κ3) is 5.09. The van der Waals surface area contributed by atoms with E-state index in [0.717, 1.165) is 30.6 Å². The van der Waals surface area contributed by atoms with Crippen LogP contribution in [0.3, 0.4) is 0 Å². The lowest BCUT2D eigenvalue weighted by atomic mass is 10.0. The molecule has 1 amide bonds. The molecule has 0 aliphatic carbocycles. The molecule has 7 nitrogen and oxygen atoms in total. The minimum absolute atomic E-state index is 0.00749. The van der Waals surface area contributed by atoms with E-state index in [-0.39, 0.29) is 35.3 Å². The quantitative estimate of drug-likeness (QED) is 0.403. The van der Waals surface area contributed by atoms with Gasteiger partial charge >= 0.3 is 0 Å². The van der Waals surface area contributed by atoms with Crippen LogP contribution in [0.5, 0.6) is 0 Å². The number of pyridine rings is 1. The van der Waals surface area contributed by atoms with E-state index in [0.29, 0.717) is 34.4 Å². The van der Waals surface area contributed by atoms with Crippen LogP contribution in [0.2, 0.25) is 0 Å². The minimum atomic E-state index is -0.278. The third-order valence-electron chi connectivity index (χ3n) is 6.43. The molecule has 0 saturated carbocycles. The summed E-state index contributed by atoms with van der Waals surface area (Å²) in [6, 6.07) is 2.12. The molecule has 0 N–H and O–H groups in total. The van der Waals surface area contributed by atoms with Crippen LogP contribution in [0.4, 0.5) is 5.82 Å². The Bertz CT molecular complexity index is 1090. The van der Waals surface area contributed by atoms with Gasteiger partial charge in [-0.3, -0.25) is 19.1 Å². The highest BCUT2D eigenvalue weighted by Gasteiger charge is 2.36. The molecule has 3 unspecified atom stereocenters. The fourth-order valence-electron chi connectivity index (χ4n) is 4.53. The zero-order valence-electron chi connectivity index (χ0n) is 20.9. The summed E-state index contributed by atoms with van der Waals surface area (Å²) in [6.45, 7) is 13.7. The Morgan fingerprint density at radius 3 is 2.47 bits per heavy atom. The number of nitrogens with zero attached hydrogens (tertiary/aromatic N) is 4. The Balaban J connectivity index is 2.26. The molecular weight excluding hydrogens is 468 g/mol. The van der Waals surface area contributed by atoms with E-state index in [1.54, 1.807) is 16.4 Å². The fraction of sp³-hybridized carbons (Fsp3) is 0.600. The van der Waals surface area contributed by atoms with E-state index in [2.05, 4.69) is 17.9 Å². The molecule has 1 aromatic heterocycles. The molecule has 2 aliphatic heterocycles. The number of unbranched alkanes of at least 4 members (excludes halogenated alkanes) is 1. The number of carbonyl (C=O) groups is 1. The van der Waals surface area contributed by atoms with Crippen LogP contribution in [0.15, 0.2) is 9.70 Å². The fourth-order valence-corrected chi connectivity index (χ4v) is 5.98. The van der Waals surface area contributed by atoms with Gasteiger partial charge in [-0.1, -0.05) is 44.2 Å². The van der Waals surface area contributed by atoms with Crippen LogP contribution in [0, 0.1) is 18.3 Å². The molecule has 1 aromatic rings. The number of carbonyl (C=O) groups excluding carboxylic acids is 1. The highest BCUT2D eigenvalue weighted by molar-refractivity contribution is 8.26. The first kappa shape index (κ1) is 26.5. The average Bonchev–Trinajstić information content (AvgIpc) is 3.06. The Morgan fingerprint density at radius 1 is 1.26 bits per heavy atom. The lowest BCUT2D eigenvalue weighted by Gasteiger charge is -2.39. The molecule has 3 atom stereocenters. The number of hydrogen-bond donors (Lipinski definition) is 0. The lowest BCUT2D eigenvalue weighted by molar-refractivity contribution is -0.123. The van der Waals surface area contributed by atoms with Crippen LogP contribution in [-0.4, -0.2) is 51.0 Å². The number of amides is 1. The molecule has 0 bridgehead atoms. The van der Waals surface area contributed by atoms with Gasteiger partial charge in [0, 0.05) is 31.2 Å². The first-order valence-corrected chi connectivity index (χ1v) is 13.2. The van der Waals surface area contributed by atoms with E-state index >= 15 is 0 Å². The van der Waals surface area contributed by atoms with Crippen LogP contribution in [0.25, 0.3) is 6.08 Å². The largest absolute Gasteiger partial charge is 0.372 e. The minimum Gasteiger partial charge on any atom is -0.372 e. The summed E-state index contributed by atoms with van der Waals surface area (Å²) < 4.78 is 8.21. The maximum atomic E-state index is 13.4. The summed E-state index contributed by atoms with van der Waals surface area (Å²) >= 11 is 6.80. The zero-order chi connectivity index (χ0) is 25.2. The number of thioether (sulfide) groups is 1. The van der Waals surface area contributed by atoms with Crippen LogP contribution >= 0.6 is 24.0 Å². The predicted molar refractivity (Wildman–Crippen MR) is 142 cm³/mol. The van der Waals surface area contributed by atoms with Gasteiger partial charge in [-0.15, -0.1) is 0 Å². The number of hydrogen-bond acceptors (Lipinski definition) is 7. The Morgan fingerprint density at radius 2 is 1.91 bits per heavy atom. The molecule has 3 heterocycles. The molecule has 0 spiro atoms. The van der Waals surface area contributed by atoms with E-state index in [9.17, 15) is 14.9 Å². The van der Waals surface area contributed by atoms with Crippen molar-refractivity contribution in [3.8, 4) is 6.07 Å². The molecule has 2 saturated heterocycles. The molecular formula is C25H34N4O3S2. The number of nitriles is 1. The van der Waals surface area contributed by atoms with Gasteiger partial charge in [0.1, 0.15) is 21.8 Å². The number of rotatable bonds is 7. The first-order chi connectivity index (χ1) is 16.1. The van der Waals surface area contributed by atoms with Crippen molar-refractivity contribution in [3.05, 3.63) is 31.9 Å². The highest BCUT2D eigenvalue weighted by Crippen LogP contribution is 2.37. The maximum Gasteiger partial charge on any atom is 0.270 e. The molecule has 184 valence electrons. The normalized spacial score (nSPS) is 23.0. The second kappa shape index (κ2) is 11.1. The number of morpholine rings is 1.